The summed E-state index contributed by atoms with van der Waals surface area (Å²) in [5, 5.41) is 12.8. The smallest absolute Gasteiger partial charge is 0.387 e. The van der Waals surface area contributed by atoms with Crippen LogP contribution in [-0.4, -0.2) is 21.6 Å². The van der Waals surface area contributed by atoms with E-state index in [9.17, 15) is 18.3 Å². The Morgan fingerprint density at radius 1 is 1.04 bits per heavy atom. The number of aliphatic hydroxyl groups is 1. The molecule has 0 amide bonds. The summed E-state index contributed by atoms with van der Waals surface area (Å²) < 4.78 is 38.5. The van der Waals surface area contributed by atoms with E-state index in [2.05, 4.69) is 15.3 Å². The van der Waals surface area contributed by atoms with Crippen LogP contribution in [0.25, 0.3) is 11.3 Å². The van der Waals surface area contributed by atoms with Crippen LogP contribution in [0.3, 0.4) is 0 Å². The molecule has 8 heteroatoms. The van der Waals surface area contributed by atoms with Crippen LogP contribution in [0.5, 0.6) is 0 Å². The molecule has 0 spiro atoms. The molecule has 0 unspecified atom stereocenters. The second-order valence-electron chi connectivity index (χ2n) is 5.79. The van der Waals surface area contributed by atoms with Crippen molar-refractivity contribution in [1.29, 1.82) is 0 Å². The first kappa shape index (κ1) is 19.1. The van der Waals surface area contributed by atoms with Gasteiger partial charge in [-0.25, -0.2) is 9.97 Å². The molecule has 3 rings (SSSR count). The normalized spacial score (nSPS) is 12.6. The number of benzene rings is 2. The molecule has 27 heavy (non-hydrogen) atoms. The number of rotatable bonds is 5. The average Bonchev–Trinajstić information content (AvgIpc) is 2.66. The molecule has 140 valence electrons. The minimum atomic E-state index is -4.51. The number of hydrogen-bond donors (Lipinski definition) is 2. The first-order chi connectivity index (χ1) is 12.8. The second kappa shape index (κ2) is 7.94. The van der Waals surface area contributed by atoms with Gasteiger partial charge in [0.05, 0.1) is 22.4 Å². The molecule has 1 heterocycles. The highest BCUT2D eigenvalue weighted by atomic mass is 35.5. The van der Waals surface area contributed by atoms with Crippen molar-refractivity contribution >= 4 is 17.4 Å². The maximum absolute atomic E-state index is 12.8. The van der Waals surface area contributed by atoms with Crippen molar-refractivity contribution in [1.82, 2.24) is 9.97 Å². The van der Waals surface area contributed by atoms with E-state index in [0.29, 0.717) is 17.1 Å². The van der Waals surface area contributed by atoms with Gasteiger partial charge in [-0.15, -0.1) is 0 Å². The molecule has 0 saturated carbocycles. The third-order valence-corrected chi connectivity index (χ3v) is 4.21. The molecule has 2 aromatic carbocycles. The highest BCUT2D eigenvalue weighted by Crippen LogP contribution is 2.36. The lowest BCUT2D eigenvalue weighted by Crippen LogP contribution is -2.13. The summed E-state index contributed by atoms with van der Waals surface area (Å²) in [6, 6.07) is 14.2. The third-order valence-electron chi connectivity index (χ3n) is 3.90. The number of halogens is 4. The Labute approximate surface area is 158 Å². The molecule has 2 N–H and O–H groups in total. The first-order valence-electron chi connectivity index (χ1n) is 8.00. The second-order valence-corrected chi connectivity index (χ2v) is 6.20. The molecule has 3 aromatic rings. The van der Waals surface area contributed by atoms with Gasteiger partial charge < -0.3 is 10.4 Å². The molecule has 0 bridgehead atoms. The van der Waals surface area contributed by atoms with Gasteiger partial charge in [0.2, 0.25) is 0 Å². The van der Waals surface area contributed by atoms with Crippen LogP contribution in [0.2, 0.25) is 5.02 Å². The van der Waals surface area contributed by atoms with Crippen molar-refractivity contribution < 1.29 is 18.3 Å². The van der Waals surface area contributed by atoms with Gasteiger partial charge >= 0.3 is 6.18 Å². The van der Waals surface area contributed by atoms with Crippen LogP contribution >= 0.6 is 11.6 Å². The summed E-state index contributed by atoms with van der Waals surface area (Å²) in [6.45, 7) is 0.217. The monoisotopic (exact) mass is 393 g/mol. The van der Waals surface area contributed by atoms with E-state index in [1.165, 1.54) is 18.5 Å². The Morgan fingerprint density at radius 3 is 2.44 bits per heavy atom. The summed E-state index contributed by atoms with van der Waals surface area (Å²) in [4.78, 5) is 8.14. The van der Waals surface area contributed by atoms with Crippen LogP contribution < -0.4 is 5.32 Å². The Bertz CT molecular complexity index is 920. The topological polar surface area (TPSA) is 58.0 Å². The summed E-state index contributed by atoms with van der Waals surface area (Å²) in [6.07, 6.45) is -3.95. The van der Waals surface area contributed by atoms with E-state index < -0.39 is 22.9 Å². The molecule has 0 aliphatic carbocycles. The predicted octanol–water partition coefficient (Wildman–Crippen LogP) is 4.96. The number of nitrogens with zero attached hydrogens (tertiary/aromatic N) is 2. The lowest BCUT2D eigenvalue weighted by molar-refractivity contribution is -0.137. The van der Waals surface area contributed by atoms with Gasteiger partial charge in [-0.1, -0.05) is 48.0 Å². The fraction of sp³-hybridized carbons (Fsp3) is 0.158. The van der Waals surface area contributed by atoms with Gasteiger partial charge in [0, 0.05) is 18.2 Å². The molecule has 0 radical (unpaired) electrons. The number of alkyl halides is 3. The number of aliphatic hydroxyl groups excluding tert-OH is 1. The third kappa shape index (κ3) is 4.75. The lowest BCUT2D eigenvalue weighted by atomic mass is 10.1. The molecule has 1 atom stereocenters. The number of hydrogen-bond acceptors (Lipinski definition) is 4. The fourth-order valence-corrected chi connectivity index (χ4v) is 2.80. The zero-order valence-electron chi connectivity index (χ0n) is 13.9. The number of aromatic nitrogens is 2. The summed E-state index contributed by atoms with van der Waals surface area (Å²) in [5.74, 6) is 0.436. The highest BCUT2D eigenvalue weighted by molar-refractivity contribution is 6.31. The first-order valence-corrected chi connectivity index (χ1v) is 8.38. The van der Waals surface area contributed by atoms with Crippen molar-refractivity contribution in [2.45, 2.75) is 12.3 Å². The maximum atomic E-state index is 12.8. The SMILES string of the molecule is O[C@@H](CNc1cc(-c2ccc(C(F)(F)F)c(Cl)c2)ncn1)c1ccccc1. The van der Waals surface area contributed by atoms with E-state index in [1.807, 2.05) is 30.3 Å². The molecule has 0 fully saturated rings. The van der Waals surface area contributed by atoms with Gasteiger partial charge in [-0.05, 0) is 17.7 Å². The van der Waals surface area contributed by atoms with E-state index in [-0.39, 0.29) is 6.54 Å². The van der Waals surface area contributed by atoms with Gasteiger partial charge in [-0.3, -0.25) is 0 Å². The Hall–Kier alpha value is -2.64. The molecule has 0 aliphatic rings. The quantitative estimate of drug-likeness (QED) is 0.643. The largest absolute Gasteiger partial charge is 0.417 e. The Kier molecular flexibility index (Phi) is 5.62. The summed E-state index contributed by atoms with van der Waals surface area (Å²) in [5.41, 5.74) is 0.708. The molecular formula is C19H15ClF3N3O. The van der Waals surface area contributed by atoms with Gasteiger partial charge in [0.1, 0.15) is 12.1 Å². The van der Waals surface area contributed by atoms with Crippen LogP contribution in [0.1, 0.15) is 17.2 Å². The van der Waals surface area contributed by atoms with E-state index in [1.54, 1.807) is 6.07 Å². The van der Waals surface area contributed by atoms with Crippen molar-refractivity contribution in [2.24, 2.45) is 0 Å². The van der Waals surface area contributed by atoms with Gasteiger partial charge in [0.25, 0.3) is 0 Å². The fourth-order valence-electron chi connectivity index (χ4n) is 2.51. The van der Waals surface area contributed by atoms with Crippen molar-refractivity contribution in [2.75, 3.05) is 11.9 Å². The van der Waals surface area contributed by atoms with Crippen molar-refractivity contribution in [3.8, 4) is 11.3 Å². The highest BCUT2D eigenvalue weighted by Gasteiger charge is 2.33. The Morgan fingerprint density at radius 2 is 1.78 bits per heavy atom. The van der Waals surface area contributed by atoms with Gasteiger partial charge in [-0.2, -0.15) is 13.2 Å². The zero-order valence-corrected chi connectivity index (χ0v) is 14.7. The predicted molar refractivity (Wildman–Crippen MR) is 97.4 cm³/mol. The maximum Gasteiger partial charge on any atom is 0.417 e. The minimum absolute atomic E-state index is 0.217. The van der Waals surface area contributed by atoms with E-state index in [0.717, 1.165) is 11.6 Å². The summed E-state index contributed by atoms with van der Waals surface area (Å²) >= 11 is 5.76. The van der Waals surface area contributed by atoms with Crippen LogP contribution in [0.15, 0.2) is 60.9 Å². The molecule has 0 aliphatic heterocycles. The molecule has 1 aromatic heterocycles. The molecular weight excluding hydrogens is 379 g/mol. The van der Waals surface area contributed by atoms with Crippen LogP contribution in [-0.2, 0) is 6.18 Å². The lowest BCUT2D eigenvalue weighted by Gasteiger charge is -2.13. The summed E-state index contributed by atoms with van der Waals surface area (Å²) in [7, 11) is 0. The standard InChI is InChI=1S/C19H15ClF3N3O/c20-15-8-13(6-7-14(15)19(21,22)23)16-9-18(26-11-25-16)24-10-17(27)12-4-2-1-3-5-12/h1-9,11,17,27H,10H2,(H,24,25,26)/t17-/m0/s1. The van der Waals surface area contributed by atoms with E-state index >= 15 is 0 Å². The van der Waals surface area contributed by atoms with Crippen LogP contribution in [0, 0.1) is 0 Å². The molecule has 0 saturated heterocycles. The van der Waals surface area contributed by atoms with E-state index in [4.69, 9.17) is 11.6 Å². The zero-order chi connectivity index (χ0) is 19.4. The number of anilines is 1. The molecule has 4 nitrogen and oxygen atoms in total. The van der Waals surface area contributed by atoms with Gasteiger partial charge in [0.15, 0.2) is 0 Å². The van der Waals surface area contributed by atoms with Crippen LogP contribution in [0.4, 0.5) is 19.0 Å². The van der Waals surface area contributed by atoms with Crippen molar-refractivity contribution in [3.05, 3.63) is 77.1 Å². The average molecular weight is 394 g/mol. The van der Waals surface area contributed by atoms with Crippen molar-refractivity contribution in [3.63, 3.8) is 0 Å². The minimum Gasteiger partial charge on any atom is -0.387 e. The Balaban J connectivity index is 1.75. The number of nitrogens with one attached hydrogen (secondary N) is 1.